The average Bonchev–Trinajstić information content (AvgIpc) is 2.44. The van der Waals surface area contributed by atoms with E-state index < -0.39 is 5.97 Å². The fourth-order valence-electron chi connectivity index (χ4n) is 1.66. The van der Waals surface area contributed by atoms with Crippen molar-refractivity contribution in [3.63, 3.8) is 0 Å². The molecule has 110 valence electrons. The number of carbonyl (C=O) groups excluding carboxylic acids is 1. The maximum atomic E-state index is 11.6. The normalized spacial score (nSPS) is 10.2. The Kier molecular flexibility index (Phi) is 5.09. The largest absolute Gasteiger partial charge is 0.462 e. The molecule has 0 saturated carbocycles. The summed E-state index contributed by atoms with van der Waals surface area (Å²) in [7, 11) is 0. The van der Waals surface area contributed by atoms with E-state index in [1.807, 2.05) is 0 Å². The minimum Gasteiger partial charge on any atom is -0.462 e. The van der Waals surface area contributed by atoms with Crippen molar-refractivity contribution >= 4 is 39.2 Å². The highest BCUT2D eigenvalue weighted by atomic mass is 79.9. The number of rotatable bonds is 4. The smallest absolute Gasteiger partial charge is 0.338 e. The van der Waals surface area contributed by atoms with Crippen LogP contribution in [-0.2, 0) is 4.74 Å². The van der Waals surface area contributed by atoms with Crippen LogP contribution in [0.15, 0.2) is 40.9 Å². The summed E-state index contributed by atoms with van der Waals surface area (Å²) >= 11 is 9.24. The zero-order valence-electron chi connectivity index (χ0n) is 11.2. The van der Waals surface area contributed by atoms with Crippen LogP contribution in [0.5, 0.6) is 11.5 Å². The van der Waals surface area contributed by atoms with Gasteiger partial charge in [-0.1, -0.05) is 11.6 Å². The van der Waals surface area contributed by atoms with Crippen molar-refractivity contribution in [2.24, 2.45) is 0 Å². The lowest BCUT2D eigenvalue weighted by atomic mass is 10.2. The Morgan fingerprint density at radius 2 is 1.95 bits per heavy atom. The Balaban J connectivity index is 2.23. The molecule has 2 N–H and O–H groups in total. The molecular weight excluding hydrogens is 358 g/mol. The molecule has 0 bridgehead atoms. The lowest BCUT2D eigenvalue weighted by Crippen LogP contribution is -2.05. The van der Waals surface area contributed by atoms with Gasteiger partial charge in [-0.15, -0.1) is 0 Å². The highest BCUT2D eigenvalue weighted by molar-refractivity contribution is 9.10. The van der Waals surface area contributed by atoms with E-state index in [1.165, 1.54) is 6.07 Å². The van der Waals surface area contributed by atoms with Crippen LogP contribution >= 0.6 is 27.5 Å². The van der Waals surface area contributed by atoms with Crippen LogP contribution in [0.4, 0.5) is 5.69 Å². The van der Waals surface area contributed by atoms with E-state index in [-0.39, 0.29) is 0 Å². The first-order valence-corrected chi connectivity index (χ1v) is 7.38. The number of hydrogen-bond donors (Lipinski definition) is 1. The number of nitrogens with two attached hydrogens (primary N) is 1. The van der Waals surface area contributed by atoms with Gasteiger partial charge >= 0.3 is 5.97 Å². The zero-order valence-corrected chi connectivity index (χ0v) is 13.6. The number of ether oxygens (including phenoxy) is 2. The van der Waals surface area contributed by atoms with Crippen molar-refractivity contribution in [3.05, 3.63) is 51.5 Å². The molecule has 0 unspecified atom stereocenters. The standard InChI is InChI=1S/C15H13BrClNO3/c1-2-20-15(19)9-3-5-14(12(18)7-9)21-13-6-4-10(17)8-11(13)16/h3-8H,2,18H2,1H3. The highest BCUT2D eigenvalue weighted by Gasteiger charge is 2.11. The number of halogens is 2. The quantitative estimate of drug-likeness (QED) is 0.628. The van der Waals surface area contributed by atoms with Gasteiger partial charge in [0.1, 0.15) is 11.5 Å². The van der Waals surface area contributed by atoms with Crippen molar-refractivity contribution in [2.45, 2.75) is 6.92 Å². The van der Waals surface area contributed by atoms with Gasteiger partial charge in [-0.25, -0.2) is 4.79 Å². The van der Waals surface area contributed by atoms with E-state index in [9.17, 15) is 4.79 Å². The molecule has 0 aliphatic carbocycles. The lowest BCUT2D eigenvalue weighted by Gasteiger charge is -2.11. The maximum absolute atomic E-state index is 11.6. The molecule has 0 spiro atoms. The maximum Gasteiger partial charge on any atom is 0.338 e. The number of benzene rings is 2. The van der Waals surface area contributed by atoms with E-state index in [0.717, 1.165) is 0 Å². The summed E-state index contributed by atoms with van der Waals surface area (Å²) in [5.74, 6) is 0.615. The molecule has 0 radical (unpaired) electrons. The number of carbonyl (C=O) groups is 1. The van der Waals surface area contributed by atoms with Crippen LogP contribution < -0.4 is 10.5 Å². The van der Waals surface area contributed by atoms with E-state index in [1.54, 1.807) is 37.3 Å². The molecule has 0 amide bonds. The van der Waals surface area contributed by atoms with Crippen LogP contribution in [0.2, 0.25) is 5.02 Å². The SMILES string of the molecule is CCOC(=O)c1ccc(Oc2ccc(Cl)cc2Br)c(N)c1. The van der Waals surface area contributed by atoms with Gasteiger partial charge in [0.25, 0.3) is 0 Å². The summed E-state index contributed by atoms with van der Waals surface area (Å²) in [6.45, 7) is 2.06. The summed E-state index contributed by atoms with van der Waals surface area (Å²) in [4.78, 5) is 11.6. The van der Waals surface area contributed by atoms with E-state index in [0.29, 0.717) is 38.9 Å². The predicted molar refractivity (Wildman–Crippen MR) is 86.0 cm³/mol. The number of nitrogen functional groups attached to an aromatic ring is 1. The Hall–Kier alpha value is -1.72. The average molecular weight is 371 g/mol. The second-order valence-corrected chi connectivity index (χ2v) is 5.44. The lowest BCUT2D eigenvalue weighted by molar-refractivity contribution is 0.0526. The van der Waals surface area contributed by atoms with Crippen LogP contribution in [0.1, 0.15) is 17.3 Å². The fourth-order valence-corrected chi connectivity index (χ4v) is 2.42. The topological polar surface area (TPSA) is 61.5 Å². The predicted octanol–water partition coefficient (Wildman–Crippen LogP) is 4.65. The number of anilines is 1. The molecule has 4 nitrogen and oxygen atoms in total. The van der Waals surface area contributed by atoms with Crippen molar-refractivity contribution in [1.29, 1.82) is 0 Å². The third kappa shape index (κ3) is 3.89. The highest BCUT2D eigenvalue weighted by Crippen LogP contribution is 2.34. The van der Waals surface area contributed by atoms with Crippen LogP contribution in [0.3, 0.4) is 0 Å². The second-order valence-electron chi connectivity index (χ2n) is 4.15. The molecule has 2 aromatic carbocycles. The molecular formula is C15H13BrClNO3. The van der Waals surface area contributed by atoms with E-state index >= 15 is 0 Å². The van der Waals surface area contributed by atoms with Gasteiger partial charge in [0, 0.05) is 5.02 Å². The van der Waals surface area contributed by atoms with Gasteiger partial charge < -0.3 is 15.2 Å². The number of hydrogen-bond acceptors (Lipinski definition) is 4. The monoisotopic (exact) mass is 369 g/mol. The molecule has 6 heteroatoms. The Labute approximate surface area is 135 Å². The summed E-state index contributed by atoms with van der Waals surface area (Å²) in [6.07, 6.45) is 0. The fraction of sp³-hybridized carbons (Fsp3) is 0.133. The van der Waals surface area contributed by atoms with Crippen LogP contribution in [0.25, 0.3) is 0 Å². The summed E-state index contributed by atoms with van der Waals surface area (Å²) in [5, 5.41) is 0.597. The molecule has 0 saturated heterocycles. The molecule has 2 aromatic rings. The third-order valence-electron chi connectivity index (χ3n) is 2.63. The Morgan fingerprint density at radius 3 is 2.57 bits per heavy atom. The summed E-state index contributed by atoms with van der Waals surface area (Å²) in [6, 6.07) is 9.92. The molecule has 2 rings (SSSR count). The van der Waals surface area contributed by atoms with Crippen molar-refractivity contribution in [2.75, 3.05) is 12.3 Å². The van der Waals surface area contributed by atoms with Gasteiger partial charge in [-0.05, 0) is 59.3 Å². The molecule has 0 aliphatic rings. The van der Waals surface area contributed by atoms with Gasteiger partial charge in [-0.2, -0.15) is 0 Å². The molecule has 0 fully saturated rings. The van der Waals surface area contributed by atoms with Crippen molar-refractivity contribution in [1.82, 2.24) is 0 Å². The van der Waals surface area contributed by atoms with Crippen molar-refractivity contribution in [3.8, 4) is 11.5 Å². The third-order valence-corrected chi connectivity index (χ3v) is 3.49. The van der Waals surface area contributed by atoms with Gasteiger partial charge in [0.2, 0.25) is 0 Å². The first kappa shape index (κ1) is 15.7. The van der Waals surface area contributed by atoms with Crippen LogP contribution in [-0.4, -0.2) is 12.6 Å². The van der Waals surface area contributed by atoms with Gasteiger partial charge in [0.05, 0.1) is 22.3 Å². The molecule has 0 aliphatic heterocycles. The second kappa shape index (κ2) is 6.83. The zero-order chi connectivity index (χ0) is 15.4. The van der Waals surface area contributed by atoms with Gasteiger partial charge in [0.15, 0.2) is 0 Å². The van der Waals surface area contributed by atoms with Crippen molar-refractivity contribution < 1.29 is 14.3 Å². The van der Waals surface area contributed by atoms with Gasteiger partial charge in [-0.3, -0.25) is 0 Å². The molecule has 0 heterocycles. The summed E-state index contributed by atoms with van der Waals surface area (Å²) in [5.41, 5.74) is 6.64. The Morgan fingerprint density at radius 1 is 1.24 bits per heavy atom. The van der Waals surface area contributed by atoms with Crippen LogP contribution in [0, 0.1) is 0 Å². The number of esters is 1. The minimum atomic E-state index is -0.413. The first-order chi connectivity index (χ1) is 10.0. The molecule has 0 atom stereocenters. The van der Waals surface area contributed by atoms with E-state index in [4.69, 9.17) is 26.8 Å². The Bertz CT molecular complexity index is 676. The molecule has 21 heavy (non-hydrogen) atoms. The molecule has 0 aromatic heterocycles. The van der Waals surface area contributed by atoms with E-state index in [2.05, 4.69) is 15.9 Å². The minimum absolute atomic E-state index is 0.314. The summed E-state index contributed by atoms with van der Waals surface area (Å²) < 4.78 is 11.3. The first-order valence-electron chi connectivity index (χ1n) is 6.20.